The van der Waals surface area contributed by atoms with Crippen molar-refractivity contribution in [3.8, 4) is 11.5 Å². The van der Waals surface area contributed by atoms with Crippen LogP contribution in [0.15, 0.2) is 42.5 Å². The third-order valence-electron chi connectivity index (χ3n) is 5.29. The van der Waals surface area contributed by atoms with E-state index in [9.17, 15) is 14.0 Å². The molecule has 2 aromatic carbocycles. The summed E-state index contributed by atoms with van der Waals surface area (Å²) in [5.74, 6) is -0.293. The van der Waals surface area contributed by atoms with E-state index in [0.29, 0.717) is 24.3 Å². The number of rotatable bonds is 7. The van der Waals surface area contributed by atoms with Crippen LogP contribution in [0.25, 0.3) is 0 Å². The summed E-state index contributed by atoms with van der Waals surface area (Å²) in [5, 5.41) is 0. The molecule has 0 atom stereocenters. The second kappa shape index (κ2) is 8.42. The third kappa shape index (κ3) is 3.86. The van der Waals surface area contributed by atoms with Gasteiger partial charge in [0.25, 0.3) is 0 Å². The Labute approximate surface area is 163 Å². The van der Waals surface area contributed by atoms with Gasteiger partial charge < -0.3 is 14.2 Å². The monoisotopic (exact) mass is 386 g/mol. The lowest BCUT2D eigenvalue weighted by molar-refractivity contribution is -0.149. The molecule has 0 aromatic heterocycles. The van der Waals surface area contributed by atoms with Gasteiger partial charge in [0.1, 0.15) is 17.3 Å². The standard InChI is InChI=1S/C22H23FO5/c1-26-17-9-10-20(27-2)18(13-17)19(24)14-28-21(25)22(11-3-4-12-22)15-5-7-16(23)8-6-15/h5-10,13H,3-4,11-12,14H2,1-2H3. The second-order valence-electron chi connectivity index (χ2n) is 6.86. The zero-order valence-electron chi connectivity index (χ0n) is 16.0. The van der Waals surface area contributed by atoms with Gasteiger partial charge in [0.15, 0.2) is 6.61 Å². The number of halogens is 1. The number of carbonyl (C=O) groups excluding carboxylic acids is 2. The minimum Gasteiger partial charge on any atom is -0.497 e. The highest BCUT2D eigenvalue weighted by atomic mass is 19.1. The molecule has 0 radical (unpaired) electrons. The Kier molecular flexibility index (Phi) is 5.97. The zero-order chi connectivity index (χ0) is 20.1. The Morgan fingerprint density at radius 2 is 1.68 bits per heavy atom. The largest absolute Gasteiger partial charge is 0.497 e. The predicted octanol–water partition coefficient (Wildman–Crippen LogP) is 4.08. The average Bonchev–Trinajstić information content (AvgIpc) is 3.23. The van der Waals surface area contributed by atoms with Crippen LogP contribution >= 0.6 is 0 Å². The fourth-order valence-electron chi connectivity index (χ4n) is 3.74. The topological polar surface area (TPSA) is 61.8 Å². The normalized spacial score (nSPS) is 15.1. The number of benzene rings is 2. The van der Waals surface area contributed by atoms with Crippen molar-refractivity contribution in [3.63, 3.8) is 0 Å². The van der Waals surface area contributed by atoms with E-state index >= 15 is 0 Å². The number of ether oxygens (including phenoxy) is 3. The lowest BCUT2D eigenvalue weighted by atomic mass is 9.79. The van der Waals surface area contributed by atoms with Gasteiger partial charge in [-0.1, -0.05) is 25.0 Å². The van der Waals surface area contributed by atoms with Gasteiger partial charge in [-0.2, -0.15) is 0 Å². The van der Waals surface area contributed by atoms with E-state index in [4.69, 9.17) is 14.2 Å². The van der Waals surface area contributed by atoms with Crippen molar-refractivity contribution in [1.29, 1.82) is 0 Å². The molecule has 0 spiro atoms. The van der Waals surface area contributed by atoms with Gasteiger partial charge in [0.05, 0.1) is 25.2 Å². The van der Waals surface area contributed by atoms with E-state index in [1.54, 1.807) is 30.3 Å². The van der Waals surface area contributed by atoms with E-state index in [-0.39, 0.29) is 17.2 Å². The van der Waals surface area contributed by atoms with Crippen LogP contribution in [-0.2, 0) is 14.9 Å². The molecule has 0 N–H and O–H groups in total. The Morgan fingerprint density at radius 1 is 1.00 bits per heavy atom. The second-order valence-corrected chi connectivity index (χ2v) is 6.86. The quantitative estimate of drug-likeness (QED) is 0.530. The summed E-state index contributed by atoms with van der Waals surface area (Å²) in [6.07, 6.45) is 3.00. The molecule has 1 fully saturated rings. The molecular weight excluding hydrogens is 363 g/mol. The Bertz CT molecular complexity index is 854. The summed E-state index contributed by atoms with van der Waals surface area (Å²) in [7, 11) is 2.97. The van der Waals surface area contributed by atoms with Crippen molar-refractivity contribution in [1.82, 2.24) is 0 Å². The van der Waals surface area contributed by atoms with Crippen LogP contribution in [0.4, 0.5) is 4.39 Å². The molecule has 0 saturated heterocycles. The number of ketones is 1. The highest BCUT2D eigenvalue weighted by Crippen LogP contribution is 2.42. The number of hydrogen-bond acceptors (Lipinski definition) is 5. The lowest BCUT2D eigenvalue weighted by Crippen LogP contribution is -2.35. The molecule has 28 heavy (non-hydrogen) atoms. The van der Waals surface area contributed by atoms with E-state index in [0.717, 1.165) is 18.4 Å². The summed E-state index contributed by atoms with van der Waals surface area (Å²) in [6, 6.07) is 10.8. The van der Waals surface area contributed by atoms with Crippen LogP contribution in [0.2, 0.25) is 0 Å². The Hall–Kier alpha value is -2.89. The molecule has 0 amide bonds. The van der Waals surface area contributed by atoms with Crippen molar-refractivity contribution in [2.24, 2.45) is 0 Å². The first-order valence-corrected chi connectivity index (χ1v) is 9.18. The third-order valence-corrected chi connectivity index (χ3v) is 5.29. The molecule has 6 heteroatoms. The summed E-state index contributed by atoms with van der Waals surface area (Å²) < 4.78 is 29.1. The molecule has 0 unspecified atom stereocenters. The van der Waals surface area contributed by atoms with Crippen LogP contribution in [0, 0.1) is 5.82 Å². The number of Topliss-reactive ketones (excluding diaryl/α,β-unsaturated/α-hetero) is 1. The molecule has 5 nitrogen and oxygen atoms in total. The summed E-state index contributed by atoms with van der Waals surface area (Å²) in [6.45, 7) is -0.398. The van der Waals surface area contributed by atoms with E-state index in [1.807, 2.05) is 0 Å². The van der Waals surface area contributed by atoms with Gasteiger partial charge in [-0.15, -0.1) is 0 Å². The van der Waals surface area contributed by atoms with Gasteiger partial charge in [-0.3, -0.25) is 9.59 Å². The molecule has 2 aromatic rings. The first-order chi connectivity index (χ1) is 13.5. The van der Waals surface area contributed by atoms with E-state index in [2.05, 4.69) is 0 Å². The lowest BCUT2D eigenvalue weighted by Gasteiger charge is -2.27. The van der Waals surface area contributed by atoms with Crippen LogP contribution in [-0.4, -0.2) is 32.6 Å². The maximum atomic E-state index is 13.3. The van der Waals surface area contributed by atoms with Crippen LogP contribution in [0.5, 0.6) is 11.5 Å². The van der Waals surface area contributed by atoms with Gasteiger partial charge in [-0.05, 0) is 48.7 Å². The molecule has 1 aliphatic rings. The maximum Gasteiger partial charge on any atom is 0.317 e. The van der Waals surface area contributed by atoms with E-state index < -0.39 is 18.0 Å². The van der Waals surface area contributed by atoms with Crippen LogP contribution in [0.1, 0.15) is 41.6 Å². The number of hydrogen-bond donors (Lipinski definition) is 0. The van der Waals surface area contributed by atoms with Crippen LogP contribution < -0.4 is 9.47 Å². The fourth-order valence-corrected chi connectivity index (χ4v) is 3.74. The highest BCUT2D eigenvalue weighted by Gasteiger charge is 2.44. The SMILES string of the molecule is COc1ccc(OC)c(C(=O)COC(=O)C2(c3ccc(F)cc3)CCCC2)c1. The number of carbonyl (C=O) groups is 2. The number of esters is 1. The summed E-state index contributed by atoms with van der Waals surface area (Å²) >= 11 is 0. The Balaban J connectivity index is 1.77. The molecule has 1 saturated carbocycles. The van der Waals surface area contributed by atoms with Gasteiger partial charge in [0.2, 0.25) is 5.78 Å². The van der Waals surface area contributed by atoms with Crippen molar-refractivity contribution >= 4 is 11.8 Å². The summed E-state index contributed by atoms with van der Waals surface area (Å²) in [5.41, 5.74) is 0.187. The van der Waals surface area contributed by atoms with Gasteiger partial charge in [0, 0.05) is 0 Å². The van der Waals surface area contributed by atoms with Crippen molar-refractivity contribution in [2.75, 3.05) is 20.8 Å². The average molecular weight is 386 g/mol. The minimum absolute atomic E-state index is 0.289. The molecule has 3 rings (SSSR count). The van der Waals surface area contributed by atoms with Gasteiger partial charge >= 0.3 is 5.97 Å². The minimum atomic E-state index is -0.827. The smallest absolute Gasteiger partial charge is 0.317 e. The van der Waals surface area contributed by atoms with E-state index in [1.165, 1.54) is 26.4 Å². The van der Waals surface area contributed by atoms with Crippen molar-refractivity contribution < 1.29 is 28.2 Å². The summed E-state index contributed by atoms with van der Waals surface area (Å²) in [4.78, 5) is 25.6. The van der Waals surface area contributed by atoms with Gasteiger partial charge in [-0.25, -0.2) is 4.39 Å². The molecule has 0 aliphatic heterocycles. The zero-order valence-corrected chi connectivity index (χ0v) is 16.0. The molecule has 0 bridgehead atoms. The highest BCUT2D eigenvalue weighted by molar-refractivity contribution is 6.01. The van der Waals surface area contributed by atoms with Crippen LogP contribution in [0.3, 0.4) is 0 Å². The molecule has 1 aliphatic carbocycles. The van der Waals surface area contributed by atoms with Crippen molar-refractivity contribution in [3.05, 3.63) is 59.4 Å². The van der Waals surface area contributed by atoms with Crippen molar-refractivity contribution in [2.45, 2.75) is 31.1 Å². The first-order valence-electron chi connectivity index (χ1n) is 9.18. The Morgan fingerprint density at radius 3 is 2.29 bits per heavy atom. The maximum absolute atomic E-state index is 13.3. The fraction of sp³-hybridized carbons (Fsp3) is 0.364. The number of methoxy groups -OCH3 is 2. The molecular formula is C22H23FO5. The molecule has 0 heterocycles. The first kappa shape index (κ1) is 19.9. The molecule has 148 valence electrons. The predicted molar refractivity (Wildman–Crippen MR) is 101 cm³/mol.